The Balaban J connectivity index is 0.000000643. The molecule has 0 aliphatic carbocycles. The predicted molar refractivity (Wildman–Crippen MR) is 156 cm³/mol. The Morgan fingerprint density at radius 2 is 1.15 bits per heavy atom. The predicted octanol–water partition coefficient (Wildman–Crippen LogP) is 6.56. The van der Waals surface area contributed by atoms with Gasteiger partial charge in [0, 0.05) is 57.7 Å². The normalized spacial score (nSPS) is 12.0. The molecule has 0 fully saturated rings. The van der Waals surface area contributed by atoms with E-state index < -0.39 is 28.5 Å². The molecule has 1 N–H and O–H groups in total. The van der Waals surface area contributed by atoms with E-state index in [0.717, 1.165) is 38.5 Å². The van der Waals surface area contributed by atoms with Crippen LogP contribution in [0.1, 0.15) is 52.4 Å². The number of rotatable bonds is 16. The highest BCUT2D eigenvalue weighted by molar-refractivity contribution is 6.30. The fourth-order valence-corrected chi connectivity index (χ4v) is 3.53. The standard InChI is InChI=1S/C14H21NO5.C8H18O3.C6H4ClNO2/c1-4-5-6-13(14(18-2)19-3)20-12-9-7-11(8-10-12)15(16)17;1-4-5-6-7(9)8(10-2)11-3;7-5-1-3-6(4-2-5)8(9)10/h7-10,13-14H,4-6H2,1-3H3;7-9H,4-6H2,1-3H3;1-4H. The lowest BCUT2D eigenvalue weighted by Gasteiger charge is -2.25. The summed E-state index contributed by atoms with van der Waals surface area (Å²) in [6, 6.07) is 11.7. The van der Waals surface area contributed by atoms with Gasteiger partial charge >= 0.3 is 0 Å². The highest BCUT2D eigenvalue weighted by Gasteiger charge is 2.22. The van der Waals surface area contributed by atoms with Crippen molar-refractivity contribution in [1.29, 1.82) is 0 Å². The Bertz CT molecular complexity index is 955. The average Bonchev–Trinajstić information content (AvgIpc) is 2.97. The maximum atomic E-state index is 10.6. The number of hydrogen-bond acceptors (Lipinski definition) is 10. The van der Waals surface area contributed by atoms with Gasteiger partial charge in [0.2, 0.25) is 0 Å². The molecule has 0 spiro atoms. The minimum atomic E-state index is -0.495. The molecule has 0 saturated heterocycles. The van der Waals surface area contributed by atoms with Gasteiger partial charge in [-0.15, -0.1) is 0 Å². The van der Waals surface area contributed by atoms with Crippen LogP contribution in [-0.4, -0.2) is 68.2 Å². The minimum absolute atomic E-state index is 0.0393. The minimum Gasteiger partial charge on any atom is -0.485 e. The van der Waals surface area contributed by atoms with E-state index in [0.29, 0.717) is 10.8 Å². The second-order valence-corrected chi connectivity index (χ2v) is 9.11. The van der Waals surface area contributed by atoms with Gasteiger partial charge < -0.3 is 28.8 Å². The number of halogens is 1. The summed E-state index contributed by atoms with van der Waals surface area (Å²) in [4.78, 5) is 19.8. The molecule has 0 saturated carbocycles. The molecule has 41 heavy (non-hydrogen) atoms. The molecule has 0 amide bonds. The van der Waals surface area contributed by atoms with Crippen LogP contribution in [-0.2, 0) is 18.9 Å². The number of nitrogens with zero attached hydrogens (tertiary/aromatic N) is 2. The topological polar surface area (TPSA) is 153 Å². The summed E-state index contributed by atoms with van der Waals surface area (Å²) in [6.45, 7) is 4.18. The van der Waals surface area contributed by atoms with Gasteiger partial charge in [-0.2, -0.15) is 0 Å². The largest absolute Gasteiger partial charge is 0.485 e. The molecule has 232 valence electrons. The highest BCUT2D eigenvalue weighted by atomic mass is 35.5. The second-order valence-electron chi connectivity index (χ2n) is 8.67. The number of aliphatic hydroxyl groups excluding tert-OH is 1. The smallest absolute Gasteiger partial charge is 0.269 e. The first kappa shape index (κ1) is 38.1. The molecule has 12 nitrogen and oxygen atoms in total. The van der Waals surface area contributed by atoms with Crippen LogP contribution in [0.2, 0.25) is 5.02 Å². The quantitative estimate of drug-likeness (QED) is 0.127. The van der Waals surface area contributed by atoms with E-state index in [1.807, 2.05) is 0 Å². The van der Waals surface area contributed by atoms with Crippen molar-refractivity contribution < 1.29 is 38.6 Å². The molecule has 0 radical (unpaired) electrons. The van der Waals surface area contributed by atoms with Crippen LogP contribution >= 0.6 is 11.6 Å². The molecule has 2 rings (SSSR count). The Hall–Kier alpha value is -2.87. The third-order valence-electron chi connectivity index (χ3n) is 5.62. The van der Waals surface area contributed by atoms with Crippen LogP contribution < -0.4 is 4.74 Å². The van der Waals surface area contributed by atoms with Crippen molar-refractivity contribution >= 4 is 23.0 Å². The Labute approximate surface area is 246 Å². The Morgan fingerprint density at radius 1 is 0.732 bits per heavy atom. The van der Waals surface area contributed by atoms with Gasteiger partial charge in [-0.1, -0.05) is 44.7 Å². The summed E-state index contributed by atoms with van der Waals surface area (Å²) in [6.07, 6.45) is 3.97. The molecular weight excluding hydrogens is 560 g/mol. The fraction of sp³-hybridized carbons (Fsp3) is 0.571. The number of hydrogen-bond donors (Lipinski definition) is 1. The maximum Gasteiger partial charge on any atom is 0.269 e. The fourth-order valence-electron chi connectivity index (χ4n) is 3.40. The van der Waals surface area contributed by atoms with Gasteiger partial charge in [-0.05, 0) is 43.5 Å². The van der Waals surface area contributed by atoms with Crippen LogP contribution in [0.15, 0.2) is 48.5 Å². The van der Waals surface area contributed by atoms with Crippen LogP contribution in [0.25, 0.3) is 0 Å². The first-order valence-electron chi connectivity index (χ1n) is 13.2. The second kappa shape index (κ2) is 22.8. The van der Waals surface area contributed by atoms with Crippen molar-refractivity contribution in [3.8, 4) is 5.75 Å². The van der Waals surface area contributed by atoms with E-state index in [4.69, 9.17) is 35.3 Å². The van der Waals surface area contributed by atoms with Gasteiger partial charge in [-0.3, -0.25) is 20.2 Å². The zero-order valence-corrected chi connectivity index (χ0v) is 25.3. The van der Waals surface area contributed by atoms with E-state index in [2.05, 4.69) is 13.8 Å². The van der Waals surface area contributed by atoms with Crippen molar-refractivity contribution in [2.75, 3.05) is 28.4 Å². The third kappa shape index (κ3) is 16.2. The number of nitro benzene ring substituents is 2. The number of ether oxygens (including phenoxy) is 5. The van der Waals surface area contributed by atoms with Crippen LogP contribution in [0.5, 0.6) is 5.75 Å². The summed E-state index contributed by atoms with van der Waals surface area (Å²) in [5.74, 6) is 0.566. The summed E-state index contributed by atoms with van der Waals surface area (Å²) in [7, 11) is 6.19. The zero-order valence-electron chi connectivity index (χ0n) is 24.6. The van der Waals surface area contributed by atoms with E-state index in [9.17, 15) is 25.3 Å². The van der Waals surface area contributed by atoms with Crippen molar-refractivity contribution in [2.24, 2.45) is 0 Å². The lowest BCUT2D eigenvalue weighted by atomic mass is 10.1. The summed E-state index contributed by atoms with van der Waals surface area (Å²) in [5, 5.41) is 30.6. The first-order valence-corrected chi connectivity index (χ1v) is 13.6. The van der Waals surface area contributed by atoms with Crippen LogP contribution in [0.4, 0.5) is 11.4 Å². The molecule has 13 heteroatoms. The van der Waals surface area contributed by atoms with Gasteiger partial charge in [0.15, 0.2) is 12.6 Å². The summed E-state index contributed by atoms with van der Waals surface area (Å²) in [5.41, 5.74) is 0.0990. The third-order valence-corrected chi connectivity index (χ3v) is 5.87. The van der Waals surface area contributed by atoms with E-state index in [1.54, 1.807) is 26.4 Å². The molecule has 0 bridgehead atoms. The Morgan fingerprint density at radius 3 is 1.54 bits per heavy atom. The van der Waals surface area contributed by atoms with E-state index in [-0.39, 0.29) is 17.5 Å². The molecule has 0 aliphatic heterocycles. The van der Waals surface area contributed by atoms with Gasteiger partial charge in [-0.25, -0.2) is 0 Å². The van der Waals surface area contributed by atoms with Crippen LogP contribution in [0, 0.1) is 20.2 Å². The lowest BCUT2D eigenvalue weighted by Crippen LogP contribution is -2.34. The lowest BCUT2D eigenvalue weighted by molar-refractivity contribution is -0.385. The number of aliphatic hydroxyl groups is 1. The highest BCUT2D eigenvalue weighted by Crippen LogP contribution is 2.22. The molecule has 0 aliphatic rings. The number of nitro groups is 2. The van der Waals surface area contributed by atoms with Gasteiger partial charge in [0.05, 0.1) is 9.85 Å². The number of unbranched alkanes of at least 4 members (excludes halogenated alkanes) is 2. The molecule has 2 unspecified atom stereocenters. The average molecular weight is 603 g/mol. The van der Waals surface area contributed by atoms with Crippen molar-refractivity contribution in [3.05, 3.63) is 73.8 Å². The first-order chi connectivity index (χ1) is 19.6. The molecule has 0 aromatic heterocycles. The Kier molecular flexibility index (Phi) is 21.2. The molecule has 2 atom stereocenters. The van der Waals surface area contributed by atoms with Crippen LogP contribution in [0.3, 0.4) is 0 Å². The van der Waals surface area contributed by atoms with E-state index >= 15 is 0 Å². The monoisotopic (exact) mass is 602 g/mol. The molecule has 0 heterocycles. The maximum absolute atomic E-state index is 10.6. The molecular formula is C28H43ClN2O10. The van der Waals surface area contributed by atoms with E-state index in [1.165, 1.54) is 50.6 Å². The molecule has 2 aromatic rings. The van der Waals surface area contributed by atoms with Gasteiger partial charge in [0.1, 0.15) is 18.0 Å². The summed E-state index contributed by atoms with van der Waals surface area (Å²) < 4.78 is 26.1. The van der Waals surface area contributed by atoms with Gasteiger partial charge in [0.25, 0.3) is 11.4 Å². The number of methoxy groups -OCH3 is 4. The molecule has 2 aromatic carbocycles. The van der Waals surface area contributed by atoms with Crippen molar-refractivity contribution in [3.63, 3.8) is 0 Å². The number of non-ortho nitro benzene ring substituents is 2. The number of benzene rings is 2. The SMILES string of the molecule is CCCCC(O)C(OC)OC.CCCCC(Oc1ccc([N+](=O)[O-])cc1)C(OC)OC.O=[N+]([O-])c1ccc(Cl)cc1. The summed E-state index contributed by atoms with van der Waals surface area (Å²) >= 11 is 5.49. The zero-order chi connectivity index (χ0) is 31.2. The van der Waals surface area contributed by atoms with Crippen molar-refractivity contribution in [2.45, 2.75) is 77.2 Å². The van der Waals surface area contributed by atoms with Crippen molar-refractivity contribution in [1.82, 2.24) is 0 Å².